The number of nitrogens with zero attached hydrogens (tertiary/aromatic N) is 2. The van der Waals surface area contributed by atoms with Crippen molar-refractivity contribution < 1.29 is 23.1 Å². The quantitative estimate of drug-likeness (QED) is 0.865. The van der Waals surface area contributed by atoms with E-state index in [9.17, 15) is 18.0 Å². The summed E-state index contributed by atoms with van der Waals surface area (Å²) in [6, 6.07) is 1.50. The molecule has 0 saturated carbocycles. The first-order chi connectivity index (χ1) is 9.20. The largest absolute Gasteiger partial charge is 0.481 e. The highest BCUT2D eigenvalue weighted by Gasteiger charge is 2.53. The molecule has 1 fully saturated rings. The molecule has 0 aromatic carbocycles. The second-order valence-electron chi connectivity index (χ2n) is 4.46. The molecule has 4 nitrogen and oxygen atoms in total. The van der Waals surface area contributed by atoms with Crippen LogP contribution in [0.2, 0.25) is 5.02 Å². The molecular weight excluding hydrogens is 364 g/mol. The van der Waals surface area contributed by atoms with Crippen LogP contribution in [0.1, 0.15) is 0 Å². The third-order valence-corrected chi connectivity index (χ3v) is 3.94. The molecule has 0 spiro atoms. The predicted molar refractivity (Wildman–Crippen MR) is 69.8 cm³/mol. The minimum absolute atomic E-state index is 0.243. The van der Waals surface area contributed by atoms with Crippen LogP contribution >= 0.6 is 27.5 Å². The van der Waals surface area contributed by atoms with Gasteiger partial charge in [-0.3, -0.25) is 4.79 Å². The number of hydrogen-bond donors (Lipinski definition) is 1. The lowest BCUT2D eigenvalue weighted by Crippen LogP contribution is -2.33. The molecule has 1 aliphatic heterocycles. The Morgan fingerprint density at radius 3 is 2.60 bits per heavy atom. The summed E-state index contributed by atoms with van der Waals surface area (Å²) in [6.45, 7) is -0.680. The molecule has 2 atom stereocenters. The lowest BCUT2D eigenvalue weighted by molar-refractivity contribution is -0.187. The molecule has 0 bridgehead atoms. The molecule has 0 unspecified atom stereocenters. The van der Waals surface area contributed by atoms with Crippen molar-refractivity contribution in [3.63, 3.8) is 0 Å². The average molecular weight is 374 g/mol. The molecule has 2 rings (SSSR count). The fourth-order valence-electron chi connectivity index (χ4n) is 2.20. The van der Waals surface area contributed by atoms with Crippen LogP contribution in [0.3, 0.4) is 0 Å². The van der Waals surface area contributed by atoms with E-state index in [1.807, 2.05) is 0 Å². The smallest absolute Gasteiger partial charge is 0.394 e. The second kappa shape index (κ2) is 5.40. The lowest BCUT2D eigenvalue weighted by atomic mass is 9.96. The number of carboxylic acids is 1. The Labute approximate surface area is 125 Å². The van der Waals surface area contributed by atoms with E-state index >= 15 is 0 Å². The maximum absolute atomic E-state index is 12.9. The van der Waals surface area contributed by atoms with Gasteiger partial charge in [-0.15, -0.1) is 0 Å². The zero-order chi connectivity index (χ0) is 15.1. The highest BCUT2D eigenvalue weighted by Crippen LogP contribution is 2.40. The molecule has 1 saturated heterocycles. The monoisotopic (exact) mass is 372 g/mol. The van der Waals surface area contributed by atoms with E-state index in [0.717, 1.165) is 0 Å². The molecule has 0 aliphatic carbocycles. The minimum atomic E-state index is -4.56. The van der Waals surface area contributed by atoms with Crippen molar-refractivity contribution in [3.05, 3.63) is 21.8 Å². The van der Waals surface area contributed by atoms with Crippen LogP contribution in [0, 0.1) is 11.8 Å². The maximum atomic E-state index is 12.9. The summed E-state index contributed by atoms with van der Waals surface area (Å²) < 4.78 is 39.1. The molecule has 1 aromatic heterocycles. The summed E-state index contributed by atoms with van der Waals surface area (Å²) in [6.07, 6.45) is -3.25. The van der Waals surface area contributed by atoms with E-state index in [-0.39, 0.29) is 12.4 Å². The van der Waals surface area contributed by atoms with Gasteiger partial charge in [0.2, 0.25) is 0 Å². The summed E-state index contributed by atoms with van der Waals surface area (Å²) in [4.78, 5) is 16.3. The number of aliphatic carboxylic acids is 1. The van der Waals surface area contributed by atoms with Crippen LogP contribution in [0.15, 0.2) is 16.7 Å². The Morgan fingerprint density at radius 2 is 2.15 bits per heavy atom. The van der Waals surface area contributed by atoms with Gasteiger partial charge >= 0.3 is 12.1 Å². The van der Waals surface area contributed by atoms with Crippen LogP contribution in [0.4, 0.5) is 19.0 Å². The topological polar surface area (TPSA) is 53.4 Å². The van der Waals surface area contributed by atoms with E-state index in [4.69, 9.17) is 16.7 Å². The summed E-state index contributed by atoms with van der Waals surface area (Å²) in [5.41, 5.74) is 0. The maximum Gasteiger partial charge on any atom is 0.394 e. The number of rotatable bonds is 2. The third kappa shape index (κ3) is 3.01. The zero-order valence-corrected chi connectivity index (χ0v) is 12.2. The number of anilines is 1. The zero-order valence-electron chi connectivity index (χ0n) is 9.86. The number of hydrogen-bond acceptors (Lipinski definition) is 3. The molecule has 9 heteroatoms. The van der Waals surface area contributed by atoms with Crippen molar-refractivity contribution in [1.82, 2.24) is 4.98 Å². The first-order valence-electron chi connectivity index (χ1n) is 5.55. The van der Waals surface area contributed by atoms with Crippen molar-refractivity contribution in [2.24, 2.45) is 11.8 Å². The van der Waals surface area contributed by atoms with Crippen LogP contribution in [0.25, 0.3) is 0 Å². The normalized spacial score (nSPS) is 23.1. The lowest BCUT2D eigenvalue weighted by Gasteiger charge is -2.19. The van der Waals surface area contributed by atoms with Crippen LogP contribution in [0.5, 0.6) is 0 Å². The van der Waals surface area contributed by atoms with E-state index in [2.05, 4.69) is 20.9 Å². The van der Waals surface area contributed by atoms with Crippen molar-refractivity contribution >= 4 is 39.3 Å². The Kier molecular flexibility index (Phi) is 4.15. The van der Waals surface area contributed by atoms with Gasteiger partial charge in [0, 0.05) is 19.3 Å². The van der Waals surface area contributed by atoms with Crippen molar-refractivity contribution in [2.45, 2.75) is 6.18 Å². The molecular formula is C11H9BrClF3N2O2. The Balaban J connectivity index is 2.30. The summed E-state index contributed by atoms with van der Waals surface area (Å²) in [5, 5.41) is 9.28. The molecule has 110 valence electrons. The fraction of sp³-hybridized carbons (Fsp3) is 0.455. The molecule has 1 aromatic rings. The highest BCUT2D eigenvalue weighted by atomic mass is 79.9. The van der Waals surface area contributed by atoms with Crippen LogP contribution in [-0.4, -0.2) is 35.3 Å². The summed E-state index contributed by atoms with van der Waals surface area (Å²) in [5.74, 6) is -4.61. The molecule has 0 amide bonds. The van der Waals surface area contributed by atoms with Crippen molar-refractivity contribution in [3.8, 4) is 0 Å². The van der Waals surface area contributed by atoms with Gasteiger partial charge in [-0.2, -0.15) is 13.2 Å². The fourth-order valence-corrected chi connectivity index (χ4v) is 3.09. The Bertz CT molecular complexity index is 541. The second-order valence-corrected chi connectivity index (χ2v) is 5.75. The molecule has 1 aliphatic rings. The van der Waals surface area contributed by atoms with Gasteiger partial charge < -0.3 is 10.0 Å². The Hall–Kier alpha value is -1.02. The van der Waals surface area contributed by atoms with Crippen LogP contribution < -0.4 is 4.90 Å². The molecule has 0 radical (unpaired) electrons. The van der Waals surface area contributed by atoms with Crippen molar-refractivity contribution in [2.75, 3.05) is 18.0 Å². The van der Waals surface area contributed by atoms with Gasteiger partial charge in [0.05, 0.1) is 21.3 Å². The van der Waals surface area contributed by atoms with Gasteiger partial charge in [-0.05, 0) is 22.0 Å². The number of alkyl halides is 3. The summed E-state index contributed by atoms with van der Waals surface area (Å²) >= 11 is 8.89. The first-order valence-corrected chi connectivity index (χ1v) is 6.72. The minimum Gasteiger partial charge on any atom is -0.481 e. The predicted octanol–water partition coefficient (Wildman–Crippen LogP) is 3.20. The van der Waals surface area contributed by atoms with Gasteiger partial charge in [-0.1, -0.05) is 11.6 Å². The average Bonchev–Trinajstić information content (AvgIpc) is 2.73. The standard InChI is InChI=1S/C11H9BrClF3N2O2/c12-8-1-5(13)2-17-9(8)18-3-6(10(19)20)7(4-18)11(14,15)16/h1-2,6-7H,3-4H2,(H,19,20)/t6-,7-/m1/s1. The number of carbonyl (C=O) groups is 1. The molecule has 1 N–H and O–H groups in total. The number of carboxylic acid groups (broad SMARTS) is 1. The van der Waals surface area contributed by atoms with Gasteiger partial charge in [0.15, 0.2) is 0 Å². The SMILES string of the molecule is O=C(O)[C@@H]1CN(c2ncc(Cl)cc2Br)C[C@H]1C(F)(F)F. The van der Waals surface area contributed by atoms with E-state index in [0.29, 0.717) is 9.50 Å². The van der Waals surface area contributed by atoms with Gasteiger partial charge in [0.25, 0.3) is 0 Å². The third-order valence-electron chi connectivity index (χ3n) is 3.15. The van der Waals surface area contributed by atoms with E-state index < -0.39 is 30.5 Å². The van der Waals surface area contributed by atoms with Crippen molar-refractivity contribution in [1.29, 1.82) is 0 Å². The van der Waals surface area contributed by atoms with E-state index in [1.165, 1.54) is 17.2 Å². The number of aromatic nitrogens is 1. The van der Waals surface area contributed by atoms with Gasteiger partial charge in [-0.25, -0.2) is 4.98 Å². The van der Waals surface area contributed by atoms with Gasteiger partial charge in [0.1, 0.15) is 5.82 Å². The highest BCUT2D eigenvalue weighted by molar-refractivity contribution is 9.10. The number of pyridine rings is 1. The van der Waals surface area contributed by atoms with E-state index in [1.54, 1.807) is 0 Å². The molecule has 20 heavy (non-hydrogen) atoms. The number of halogens is 5. The summed E-state index contributed by atoms with van der Waals surface area (Å²) in [7, 11) is 0. The Morgan fingerprint density at radius 1 is 1.50 bits per heavy atom. The van der Waals surface area contributed by atoms with Crippen LogP contribution in [-0.2, 0) is 4.79 Å². The first kappa shape index (κ1) is 15.4. The molecule has 2 heterocycles.